The minimum Gasteiger partial charge on any atom is -0.0622 e. The van der Waals surface area contributed by atoms with E-state index in [-0.39, 0.29) is 0 Å². The standard InChI is InChI=1S/C13H11N3/c1-10-7-8-13(15-16-14)12(9-10)11-5-3-2-4-6-11/h2-9H,1H3. The van der Waals surface area contributed by atoms with E-state index in [0.717, 1.165) is 16.7 Å². The molecule has 2 aromatic rings. The van der Waals surface area contributed by atoms with Crippen molar-refractivity contribution in [3.63, 3.8) is 0 Å². The van der Waals surface area contributed by atoms with Crippen molar-refractivity contribution in [2.45, 2.75) is 6.92 Å². The van der Waals surface area contributed by atoms with Crippen LogP contribution in [0.15, 0.2) is 53.6 Å². The Kier molecular flexibility index (Phi) is 2.90. The molecule has 0 amide bonds. The predicted octanol–water partition coefficient (Wildman–Crippen LogP) is 4.60. The molecular formula is C13H11N3. The van der Waals surface area contributed by atoms with Crippen LogP contribution in [0.3, 0.4) is 0 Å². The molecular weight excluding hydrogens is 198 g/mol. The summed E-state index contributed by atoms with van der Waals surface area (Å²) in [7, 11) is 0. The largest absolute Gasteiger partial charge is 0.0622 e. The monoisotopic (exact) mass is 209 g/mol. The fourth-order valence-electron chi connectivity index (χ4n) is 1.63. The van der Waals surface area contributed by atoms with E-state index in [1.165, 1.54) is 0 Å². The minimum atomic E-state index is 0.666. The molecule has 16 heavy (non-hydrogen) atoms. The summed E-state index contributed by atoms with van der Waals surface area (Å²) in [4.78, 5) is 2.85. The van der Waals surface area contributed by atoms with E-state index in [1.54, 1.807) is 0 Å². The molecule has 0 aromatic heterocycles. The van der Waals surface area contributed by atoms with Gasteiger partial charge in [0.2, 0.25) is 0 Å². The predicted molar refractivity (Wildman–Crippen MR) is 65.4 cm³/mol. The minimum absolute atomic E-state index is 0.666. The van der Waals surface area contributed by atoms with Crippen molar-refractivity contribution in [3.05, 3.63) is 64.5 Å². The Morgan fingerprint density at radius 2 is 1.81 bits per heavy atom. The Morgan fingerprint density at radius 3 is 2.50 bits per heavy atom. The zero-order chi connectivity index (χ0) is 11.4. The maximum atomic E-state index is 8.52. The summed E-state index contributed by atoms with van der Waals surface area (Å²) in [5.41, 5.74) is 12.4. The summed E-state index contributed by atoms with van der Waals surface area (Å²) in [6.45, 7) is 2.02. The molecule has 0 heterocycles. The first-order chi connectivity index (χ1) is 7.81. The van der Waals surface area contributed by atoms with E-state index in [1.807, 2.05) is 55.5 Å². The SMILES string of the molecule is Cc1ccc(N=[N+]=[N-])c(-c2ccccc2)c1. The van der Waals surface area contributed by atoms with Crippen LogP contribution in [0.4, 0.5) is 5.69 Å². The zero-order valence-electron chi connectivity index (χ0n) is 8.96. The van der Waals surface area contributed by atoms with Crippen LogP contribution in [0.2, 0.25) is 0 Å². The number of benzene rings is 2. The van der Waals surface area contributed by atoms with Crippen LogP contribution in [0.5, 0.6) is 0 Å². The third-order valence-electron chi connectivity index (χ3n) is 2.39. The van der Waals surface area contributed by atoms with E-state index in [9.17, 15) is 0 Å². The molecule has 2 rings (SSSR count). The van der Waals surface area contributed by atoms with Gasteiger partial charge in [-0.25, -0.2) is 0 Å². The van der Waals surface area contributed by atoms with Gasteiger partial charge < -0.3 is 0 Å². The summed E-state index contributed by atoms with van der Waals surface area (Å²) in [5.74, 6) is 0. The third kappa shape index (κ3) is 2.05. The van der Waals surface area contributed by atoms with Gasteiger partial charge >= 0.3 is 0 Å². The van der Waals surface area contributed by atoms with Gasteiger partial charge in [-0.3, -0.25) is 0 Å². The first-order valence-corrected chi connectivity index (χ1v) is 5.02. The van der Waals surface area contributed by atoms with E-state index in [0.29, 0.717) is 5.69 Å². The van der Waals surface area contributed by atoms with Gasteiger partial charge in [-0.15, -0.1) is 0 Å². The van der Waals surface area contributed by atoms with Gasteiger partial charge in [0.15, 0.2) is 0 Å². The highest BCUT2D eigenvalue weighted by Gasteiger charge is 2.03. The molecule has 0 atom stereocenters. The molecule has 2 aromatic carbocycles. The van der Waals surface area contributed by atoms with Gasteiger partial charge in [0.05, 0.1) is 0 Å². The lowest BCUT2D eigenvalue weighted by atomic mass is 10.0. The number of hydrogen-bond acceptors (Lipinski definition) is 1. The summed E-state index contributed by atoms with van der Waals surface area (Å²) in [6.07, 6.45) is 0. The van der Waals surface area contributed by atoms with Gasteiger partial charge in [-0.2, -0.15) is 0 Å². The molecule has 0 radical (unpaired) electrons. The molecule has 0 saturated heterocycles. The lowest BCUT2D eigenvalue weighted by Gasteiger charge is -2.06. The van der Waals surface area contributed by atoms with Gasteiger partial charge in [0, 0.05) is 10.6 Å². The third-order valence-corrected chi connectivity index (χ3v) is 2.39. The van der Waals surface area contributed by atoms with Crippen molar-refractivity contribution in [3.8, 4) is 11.1 Å². The zero-order valence-corrected chi connectivity index (χ0v) is 8.96. The van der Waals surface area contributed by atoms with Crippen molar-refractivity contribution >= 4 is 5.69 Å². The maximum Gasteiger partial charge on any atom is 0.0453 e. The molecule has 0 bridgehead atoms. The van der Waals surface area contributed by atoms with Gasteiger partial charge in [-0.1, -0.05) is 59.2 Å². The Hall–Kier alpha value is -2.25. The van der Waals surface area contributed by atoms with Gasteiger partial charge in [0.1, 0.15) is 0 Å². The van der Waals surface area contributed by atoms with E-state index in [4.69, 9.17) is 5.53 Å². The van der Waals surface area contributed by atoms with Crippen LogP contribution in [0, 0.1) is 6.92 Å². The lowest BCUT2D eigenvalue weighted by Crippen LogP contribution is -1.80. The van der Waals surface area contributed by atoms with E-state index >= 15 is 0 Å². The van der Waals surface area contributed by atoms with Crippen LogP contribution < -0.4 is 0 Å². The molecule has 0 fully saturated rings. The first-order valence-electron chi connectivity index (χ1n) is 5.02. The first kappa shape index (κ1) is 10.3. The molecule has 78 valence electrons. The van der Waals surface area contributed by atoms with Crippen LogP contribution in [-0.2, 0) is 0 Å². The summed E-state index contributed by atoms with van der Waals surface area (Å²) in [5, 5.41) is 3.70. The molecule has 3 nitrogen and oxygen atoms in total. The molecule has 0 N–H and O–H groups in total. The summed E-state index contributed by atoms with van der Waals surface area (Å²) < 4.78 is 0. The number of nitrogens with zero attached hydrogens (tertiary/aromatic N) is 3. The van der Waals surface area contributed by atoms with Crippen molar-refractivity contribution in [1.29, 1.82) is 0 Å². The number of hydrogen-bond donors (Lipinski definition) is 0. The topological polar surface area (TPSA) is 48.8 Å². The average molecular weight is 209 g/mol. The normalized spacial score (nSPS) is 9.56. The lowest BCUT2D eigenvalue weighted by molar-refractivity contribution is 1.41. The van der Waals surface area contributed by atoms with Crippen LogP contribution in [0.1, 0.15) is 5.56 Å². The summed E-state index contributed by atoms with van der Waals surface area (Å²) in [6, 6.07) is 15.7. The molecule has 0 unspecified atom stereocenters. The second-order valence-corrected chi connectivity index (χ2v) is 3.58. The van der Waals surface area contributed by atoms with E-state index < -0.39 is 0 Å². The van der Waals surface area contributed by atoms with Crippen molar-refractivity contribution in [2.75, 3.05) is 0 Å². The molecule has 0 aliphatic heterocycles. The van der Waals surface area contributed by atoms with Crippen LogP contribution >= 0.6 is 0 Å². The number of aryl methyl sites for hydroxylation is 1. The second kappa shape index (κ2) is 4.51. The fourth-order valence-corrected chi connectivity index (χ4v) is 1.63. The number of azide groups is 1. The highest BCUT2D eigenvalue weighted by molar-refractivity contribution is 5.76. The van der Waals surface area contributed by atoms with E-state index in [2.05, 4.69) is 10.0 Å². The van der Waals surface area contributed by atoms with Crippen LogP contribution in [0.25, 0.3) is 21.6 Å². The highest BCUT2D eigenvalue weighted by atomic mass is 15.1. The molecule has 0 saturated carbocycles. The van der Waals surface area contributed by atoms with Gasteiger partial charge in [-0.05, 0) is 23.6 Å². The summed E-state index contributed by atoms with van der Waals surface area (Å²) >= 11 is 0. The Bertz CT molecular complexity index is 540. The smallest absolute Gasteiger partial charge is 0.0453 e. The molecule has 0 aliphatic carbocycles. The fraction of sp³-hybridized carbons (Fsp3) is 0.0769. The van der Waals surface area contributed by atoms with Crippen molar-refractivity contribution in [2.24, 2.45) is 5.11 Å². The molecule has 0 aliphatic rings. The van der Waals surface area contributed by atoms with Crippen LogP contribution in [-0.4, -0.2) is 0 Å². The average Bonchev–Trinajstić information content (AvgIpc) is 2.33. The number of rotatable bonds is 2. The highest BCUT2D eigenvalue weighted by Crippen LogP contribution is 2.31. The second-order valence-electron chi connectivity index (χ2n) is 3.58. The molecule has 3 heteroatoms. The Labute approximate surface area is 94.0 Å². The Morgan fingerprint density at radius 1 is 1.06 bits per heavy atom. The Balaban J connectivity index is 2.62. The maximum absolute atomic E-state index is 8.52. The quantitative estimate of drug-likeness (QED) is 0.394. The van der Waals surface area contributed by atoms with Gasteiger partial charge in [0.25, 0.3) is 0 Å². The van der Waals surface area contributed by atoms with Crippen molar-refractivity contribution < 1.29 is 0 Å². The van der Waals surface area contributed by atoms with Crippen molar-refractivity contribution in [1.82, 2.24) is 0 Å². The molecule has 0 spiro atoms.